The molecule has 0 bridgehead atoms. The summed E-state index contributed by atoms with van der Waals surface area (Å²) in [4.78, 5) is 0. The summed E-state index contributed by atoms with van der Waals surface area (Å²) in [5, 5.41) is 0. The maximum atomic E-state index is 12.5. The minimum Gasteiger partial charge on any atom is -0.497 e. The predicted octanol–water partition coefficient (Wildman–Crippen LogP) is 3.89. The van der Waals surface area contributed by atoms with Crippen molar-refractivity contribution in [2.75, 3.05) is 7.11 Å². The molecule has 0 aromatic heterocycles. The van der Waals surface area contributed by atoms with Crippen LogP contribution in [-0.2, 0) is 0 Å². The number of halogens is 1. The minimum atomic E-state index is -0.253. The monoisotopic (exact) mass is 208 g/mol. The van der Waals surface area contributed by atoms with Gasteiger partial charge >= 0.3 is 0 Å². The summed E-state index contributed by atoms with van der Waals surface area (Å²) in [6.07, 6.45) is 1.72. The number of rotatable bonds is 2. The molecule has 0 unspecified atom stereocenters. The standard InChI is InChI=1S/C8H9FO.C5H8/c1-6-3-7(9)5-8(4-6)10-2;1-4-5(2)3/h3-5H,1-2H3;4H,1-2H2,3H3. The molecule has 2 heteroatoms. The van der Waals surface area contributed by atoms with Gasteiger partial charge in [-0.15, -0.1) is 0 Å². The van der Waals surface area contributed by atoms with Gasteiger partial charge in [0.25, 0.3) is 0 Å². The molecule has 0 aliphatic heterocycles. The summed E-state index contributed by atoms with van der Waals surface area (Å²) in [6.45, 7) is 10.8. The lowest BCUT2D eigenvalue weighted by molar-refractivity contribution is 0.411. The Labute approximate surface area is 90.9 Å². The maximum Gasteiger partial charge on any atom is 0.127 e. The van der Waals surface area contributed by atoms with Gasteiger partial charge in [-0.05, 0) is 31.5 Å². The maximum absolute atomic E-state index is 12.5. The Morgan fingerprint density at radius 2 is 1.93 bits per heavy atom. The van der Waals surface area contributed by atoms with E-state index >= 15 is 0 Å². The molecule has 0 amide bonds. The molecule has 0 aliphatic carbocycles. The van der Waals surface area contributed by atoms with E-state index < -0.39 is 0 Å². The second kappa shape index (κ2) is 6.82. The number of ether oxygens (including phenoxy) is 1. The van der Waals surface area contributed by atoms with Crippen molar-refractivity contribution < 1.29 is 9.13 Å². The molecule has 0 radical (unpaired) electrons. The van der Waals surface area contributed by atoms with Crippen LogP contribution in [-0.4, -0.2) is 7.11 Å². The van der Waals surface area contributed by atoms with Crippen LogP contribution in [0.15, 0.2) is 43.0 Å². The van der Waals surface area contributed by atoms with Gasteiger partial charge in [0.05, 0.1) is 7.11 Å². The minimum absolute atomic E-state index is 0.253. The summed E-state index contributed by atoms with van der Waals surface area (Å²) in [7, 11) is 1.52. The van der Waals surface area contributed by atoms with E-state index in [0.29, 0.717) is 5.75 Å². The van der Waals surface area contributed by atoms with E-state index in [2.05, 4.69) is 13.2 Å². The summed E-state index contributed by atoms with van der Waals surface area (Å²) < 4.78 is 17.4. The number of aryl methyl sites for hydroxylation is 1. The van der Waals surface area contributed by atoms with Crippen molar-refractivity contribution in [2.24, 2.45) is 0 Å². The fourth-order valence-corrected chi connectivity index (χ4v) is 0.821. The first kappa shape index (κ1) is 13.4. The van der Waals surface area contributed by atoms with Crippen LogP contribution in [0.4, 0.5) is 4.39 Å². The molecule has 0 saturated heterocycles. The number of hydrogen-bond donors (Lipinski definition) is 0. The highest BCUT2D eigenvalue weighted by Gasteiger charge is 1.95. The van der Waals surface area contributed by atoms with E-state index in [4.69, 9.17) is 4.74 Å². The zero-order valence-corrected chi connectivity index (χ0v) is 9.51. The fourth-order valence-electron chi connectivity index (χ4n) is 0.821. The third-order valence-corrected chi connectivity index (χ3v) is 1.60. The Morgan fingerprint density at radius 3 is 2.27 bits per heavy atom. The van der Waals surface area contributed by atoms with Crippen molar-refractivity contribution in [1.29, 1.82) is 0 Å². The molecule has 1 rings (SSSR count). The van der Waals surface area contributed by atoms with Gasteiger partial charge in [-0.2, -0.15) is 0 Å². The highest BCUT2D eigenvalue weighted by atomic mass is 19.1. The van der Waals surface area contributed by atoms with E-state index in [9.17, 15) is 4.39 Å². The van der Waals surface area contributed by atoms with Gasteiger partial charge in [-0.25, -0.2) is 4.39 Å². The van der Waals surface area contributed by atoms with E-state index in [0.717, 1.165) is 11.1 Å². The Hall–Kier alpha value is -1.57. The van der Waals surface area contributed by atoms with Crippen LogP contribution in [0.25, 0.3) is 0 Å². The molecule has 15 heavy (non-hydrogen) atoms. The van der Waals surface area contributed by atoms with Crippen LogP contribution in [0.2, 0.25) is 0 Å². The molecule has 0 saturated carbocycles. The molecular weight excluding hydrogens is 191 g/mol. The average molecular weight is 208 g/mol. The number of benzene rings is 1. The normalized spacial score (nSPS) is 8.53. The van der Waals surface area contributed by atoms with Crippen LogP contribution >= 0.6 is 0 Å². The quantitative estimate of drug-likeness (QED) is 0.670. The van der Waals surface area contributed by atoms with Gasteiger partial charge in [-0.1, -0.05) is 24.8 Å². The van der Waals surface area contributed by atoms with Crippen molar-refractivity contribution in [3.8, 4) is 5.75 Å². The van der Waals surface area contributed by atoms with E-state index in [1.165, 1.54) is 19.2 Å². The summed E-state index contributed by atoms with van der Waals surface area (Å²) >= 11 is 0. The smallest absolute Gasteiger partial charge is 0.127 e. The van der Waals surface area contributed by atoms with E-state index in [1.807, 2.05) is 13.8 Å². The van der Waals surface area contributed by atoms with Gasteiger partial charge in [0.1, 0.15) is 11.6 Å². The lowest BCUT2D eigenvalue weighted by Gasteiger charge is -1.99. The second-order valence-electron chi connectivity index (χ2n) is 3.22. The van der Waals surface area contributed by atoms with Gasteiger partial charge in [-0.3, -0.25) is 0 Å². The van der Waals surface area contributed by atoms with E-state index in [-0.39, 0.29) is 5.82 Å². The highest BCUT2D eigenvalue weighted by molar-refractivity contribution is 5.28. The third kappa shape index (κ3) is 6.49. The Kier molecular flexibility index (Phi) is 6.11. The zero-order valence-electron chi connectivity index (χ0n) is 9.51. The molecular formula is C13H17FO. The van der Waals surface area contributed by atoms with Crippen molar-refractivity contribution in [3.05, 3.63) is 54.4 Å². The summed E-state index contributed by atoms with van der Waals surface area (Å²) in [6, 6.07) is 4.60. The van der Waals surface area contributed by atoms with Gasteiger partial charge in [0.2, 0.25) is 0 Å². The Bertz CT molecular complexity index is 322. The van der Waals surface area contributed by atoms with E-state index in [1.54, 1.807) is 12.1 Å². The summed E-state index contributed by atoms with van der Waals surface area (Å²) in [5.74, 6) is 0.314. The Balaban J connectivity index is 0.000000336. The fraction of sp³-hybridized carbons (Fsp3) is 0.231. The molecule has 0 N–H and O–H groups in total. The molecule has 1 aromatic carbocycles. The van der Waals surface area contributed by atoms with Gasteiger partial charge < -0.3 is 4.74 Å². The number of hydrogen-bond acceptors (Lipinski definition) is 1. The number of allylic oxidation sites excluding steroid dienone is 2. The molecule has 0 fully saturated rings. The molecule has 0 atom stereocenters. The van der Waals surface area contributed by atoms with Crippen LogP contribution in [0, 0.1) is 12.7 Å². The van der Waals surface area contributed by atoms with Crippen molar-refractivity contribution in [1.82, 2.24) is 0 Å². The molecule has 0 aliphatic rings. The van der Waals surface area contributed by atoms with Crippen LogP contribution in [0.1, 0.15) is 12.5 Å². The van der Waals surface area contributed by atoms with Crippen molar-refractivity contribution in [2.45, 2.75) is 13.8 Å². The third-order valence-electron chi connectivity index (χ3n) is 1.60. The topological polar surface area (TPSA) is 9.23 Å². The molecule has 0 spiro atoms. The van der Waals surface area contributed by atoms with Gasteiger partial charge in [0.15, 0.2) is 0 Å². The summed E-state index contributed by atoms with van der Waals surface area (Å²) in [5.41, 5.74) is 1.89. The first-order chi connectivity index (χ1) is 6.99. The molecule has 0 heterocycles. The zero-order chi connectivity index (χ0) is 11.8. The SMILES string of the molecule is C=CC(=C)C.COc1cc(C)cc(F)c1. The van der Waals surface area contributed by atoms with Crippen LogP contribution < -0.4 is 4.74 Å². The van der Waals surface area contributed by atoms with Crippen molar-refractivity contribution >= 4 is 0 Å². The largest absolute Gasteiger partial charge is 0.497 e. The molecule has 1 nitrogen and oxygen atoms in total. The van der Waals surface area contributed by atoms with Crippen molar-refractivity contribution in [3.63, 3.8) is 0 Å². The van der Waals surface area contributed by atoms with Crippen LogP contribution in [0.3, 0.4) is 0 Å². The number of methoxy groups -OCH3 is 1. The highest BCUT2D eigenvalue weighted by Crippen LogP contribution is 2.14. The predicted molar refractivity (Wildman–Crippen MR) is 62.7 cm³/mol. The molecule has 1 aromatic rings. The first-order valence-corrected chi connectivity index (χ1v) is 4.58. The molecule has 82 valence electrons. The van der Waals surface area contributed by atoms with Gasteiger partial charge in [0, 0.05) is 6.07 Å². The Morgan fingerprint density at radius 1 is 1.40 bits per heavy atom. The lowest BCUT2D eigenvalue weighted by Crippen LogP contribution is -1.85. The lowest BCUT2D eigenvalue weighted by atomic mass is 10.2. The van der Waals surface area contributed by atoms with Crippen LogP contribution in [0.5, 0.6) is 5.75 Å². The average Bonchev–Trinajstić information content (AvgIpc) is 2.17. The first-order valence-electron chi connectivity index (χ1n) is 4.58. The second-order valence-corrected chi connectivity index (χ2v) is 3.22.